The first-order valence-corrected chi connectivity index (χ1v) is 8.82. The molecule has 1 N–H and O–H groups in total. The molecule has 25 heavy (non-hydrogen) atoms. The van der Waals surface area contributed by atoms with Crippen molar-refractivity contribution in [3.8, 4) is 5.75 Å². The van der Waals surface area contributed by atoms with Gasteiger partial charge in [0.1, 0.15) is 12.3 Å². The van der Waals surface area contributed by atoms with Crippen LogP contribution in [0, 0.1) is 0 Å². The number of rotatable bonds is 6. The molecule has 0 unspecified atom stereocenters. The van der Waals surface area contributed by atoms with E-state index < -0.39 is 5.97 Å². The number of carbonyl (C=O) groups excluding carboxylic acids is 1. The molecule has 1 aliphatic heterocycles. The summed E-state index contributed by atoms with van der Waals surface area (Å²) in [4.78, 5) is 26.6. The molecule has 0 aliphatic carbocycles. The fourth-order valence-electron chi connectivity index (χ4n) is 3.36. The average molecular weight is 369 g/mol. The molecule has 1 fully saturated rings. The number of hydrogen-bond acceptors (Lipinski definition) is 4. The van der Waals surface area contributed by atoms with Crippen LogP contribution in [0.1, 0.15) is 31.7 Å². The lowest BCUT2D eigenvalue weighted by molar-refractivity contribution is -0.145. The first kappa shape index (κ1) is 19.5. The number of hydrogen-bond donors (Lipinski definition) is 1. The van der Waals surface area contributed by atoms with Gasteiger partial charge in [-0.2, -0.15) is 0 Å². The molecule has 0 bridgehead atoms. The minimum absolute atomic E-state index is 0.0279. The van der Waals surface area contributed by atoms with E-state index in [0.717, 1.165) is 50.2 Å². The number of aliphatic carboxylic acids is 1. The SMILES string of the molecule is COc1ccc(Cl)cc1CN1CCC[C@H](N(CC(=O)O)C(C)=O)CC1. The predicted octanol–water partition coefficient (Wildman–Crippen LogP) is 2.64. The lowest BCUT2D eigenvalue weighted by Gasteiger charge is -2.29. The van der Waals surface area contributed by atoms with Gasteiger partial charge in [-0.3, -0.25) is 14.5 Å². The van der Waals surface area contributed by atoms with Crippen molar-refractivity contribution in [3.05, 3.63) is 28.8 Å². The molecule has 1 aliphatic rings. The molecule has 2 rings (SSSR count). The lowest BCUT2D eigenvalue weighted by atomic mass is 10.1. The predicted molar refractivity (Wildman–Crippen MR) is 95.9 cm³/mol. The van der Waals surface area contributed by atoms with E-state index in [1.54, 1.807) is 13.2 Å². The van der Waals surface area contributed by atoms with Crippen LogP contribution in [-0.4, -0.2) is 59.6 Å². The molecule has 1 aromatic carbocycles. The minimum Gasteiger partial charge on any atom is -0.496 e. The van der Waals surface area contributed by atoms with Gasteiger partial charge in [0, 0.05) is 36.6 Å². The fraction of sp³-hybridized carbons (Fsp3) is 0.556. The molecule has 0 radical (unpaired) electrons. The first-order valence-electron chi connectivity index (χ1n) is 8.44. The van der Waals surface area contributed by atoms with E-state index in [0.29, 0.717) is 5.02 Å². The summed E-state index contributed by atoms with van der Waals surface area (Å²) in [7, 11) is 1.64. The highest BCUT2D eigenvalue weighted by atomic mass is 35.5. The Kier molecular flexibility index (Phi) is 7.08. The van der Waals surface area contributed by atoms with E-state index in [1.165, 1.54) is 11.8 Å². The van der Waals surface area contributed by atoms with Gasteiger partial charge in [0.2, 0.25) is 5.91 Å². The van der Waals surface area contributed by atoms with Crippen molar-refractivity contribution >= 4 is 23.5 Å². The standard InChI is InChI=1S/C18H25ClN2O4/c1-13(22)21(12-18(23)24)16-4-3-8-20(9-7-16)11-14-10-15(19)5-6-17(14)25-2/h5-6,10,16H,3-4,7-9,11-12H2,1-2H3,(H,23,24)/t16-/m0/s1. The van der Waals surface area contributed by atoms with Crippen molar-refractivity contribution in [1.29, 1.82) is 0 Å². The number of methoxy groups -OCH3 is 1. The first-order chi connectivity index (χ1) is 11.9. The summed E-state index contributed by atoms with van der Waals surface area (Å²) >= 11 is 6.10. The molecular formula is C18H25ClN2O4. The molecular weight excluding hydrogens is 344 g/mol. The summed E-state index contributed by atoms with van der Waals surface area (Å²) in [6.07, 6.45) is 2.49. The third-order valence-electron chi connectivity index (χ3n) is 4.58. The highest BCUT2D eigenvalue weighted by Crippen LogP contribution is 2.26. The topological polar surface area (TPSA) is 70.1 Å². The van der Waals surface area contributed by atoms with Crippen LogP contribution in [0.2, 0.25) is 5.02 Å². The summed E-state index contributed by atoms with van der Waals surface area (Å²) in [6.45, 7) is 3.61. The molecule has 1 aromatic rings. The second-order valence-electron chi connectivity index (χ2n) is 6.36. The number of likely N-dealkylation sites (tertiary alicyclic amines) is 1. The summed E-state index contributed by atoms with van der Waals surface area (Å²) in [6, 6.07) is 5.55. The molecule has 1 heterocycles. The van der Waals surface area contributed by atoms with Crippen LogP contribution >= 0.6 is 11.6 Å². The molecule has 1 atom stereocenters. The second kappa shape index (κ2) is 9.06. The van der Waals surface area contributed by atoms with Crippen LogP contribution in [0.15, 0.2) is 18.2 Å². The Balaban J connectivity index is 2.02. The van der Waals surface area contributed by atoms with E-state index in [-0.39, 0.29) is 18.5 Å². The maximum Gasteiger partial charge on any atom is 0.323 e. The Bertz CT molecular complexity index is 623. The monoisotopic (exact) mass is 368 g/mol. The third-order valence-corrected chi connectivity index (χ3v) is 4.81. The van der Waals surface area contributed by atoms with Crippen molar-refractivity contribution in [2.24, 2.45) is 0 Å². The van der Waals surface area contributed by atoms with Gasteiger partial charge in [0.05, 0.1) is 7.11 Å². The van der Waals surface area contributed by atoms with Gasteiger partial charge in [-0.15, -0.1) is 0 Å². The number of nitrogens with zero attached hydrogens (tertiary/aromatic N) is 2. The maximum atomic E-state index is 11.8. The van der Waals surface area contributed by atoms with Gasteiger partial charge in [0.25, 0.3) is 0 Å². The molecule has 1 amide bonds. The Morgan fingerprint density at radius 1 is 1.36 bits per heavy atom. The summed E-state index contributed by atoms with van der Waals surface area (Å²) in [5.41, 5.74) is 1.03. The van der Waals surface area contributed by atoms with Gasteiger partial charge >= 0.3 is 5.97 Å². The Labute approximate surface area is 153 Å². The summed E-state index contributed by atoms with van der Waals surface area (Å²) in [5.74, 6) is -0.348. The largest absolute Gasteiger partial charge is 0.496 e. The second-order valence-corrected chi connectivity index (χ2v) is 6.79. The van der Waals surface area contributed by atoms with Crippen LogP contribution in [0.25, 0.3) is 0 Å². The van der Waals surface area contributed by atoms with E-state index in [4.69, 9.17) is 21.4 Å². The number of amides is 1. The van der Waals surface area contributed by atoms with E-state index in [9.17, 15) is 9.59 Å². The van der Waals surface area contributed by atoms with E-state index >= 15 is 0 Å². The summed E-state index contributed by atoms with van der Waals surface area (Å²) in [5, 5.41) is 9.71. The highest BCUT2D eigenvalue weighted by Gasteiger charge is 2.26. The van der Waals surface area contributed by atoms with Crippen molar-refractivity contribution in [2.75, 3.05) is 26.7 Å². The van der Waals surface area contributed by atoms with Crippen molar-refractivity contribution < 1.29 is 19.4 Å². The molecule has 0 saturated carbocycles. The van der Waals surface area contributed by atoms with Crippen LogP contribution < -0.4 is 4.74 Å². The number of ether oxygens (including phenoxy) is 1. The molecule has 7 heteroatoms. The molecule has 0 aromatic heterocycles. The van der Waals surface area contributed by atoms with Gasteiger partial charge in [0.15, 0.2) is 0 Å². The van der Waals surface area contributed by atoms with Crippen molar-refractivity contribution in [2.45, 2.75) is 38.8 Å². The third kappa shape index (κ3) is 5.61. The van der Waals surface area contributed by atoms with Crippen LogP contribution in [0.4, 0.5) is 0 Å². The Hall–Kier alpha value is -1.79. The number of carbonyl (C=O) groups is 2. The molecule has 0 spiro atoms. The van der Waals surface area contributed by atoms with Gasteiger partial charge in [-0.1, -0.05) is 11.6 Å². The smallest absolute Gasteiger partial charge is 0.323 e. The van der Waals surface area contributed by atoms with Crippen molar-refractivity contribution in [3.63, 3.8) is 0 Å². The fourth-order valence-corrected chi connectivity index (χ4v) is 3.56. The van der Waals surface area contributed by atoms with Gasteiger partial charge in [-0.05, 0) is 44.0 Å². The van der Waals surface area contributed by atoms with Gasteiger partial charge in [-0.25, -0.2) is 0 Å². The van der Waals surface area contributed by atoms with Crippen LogP contribution in [0.5, 0.6) is 5.75 Å². The molecule has 1 saturated heterocycles. The normalized spacial score (nSPS) is 18.4. The molecule has 6 nitrogen and oxygen atoms in total. The zero-order valence-corrected chi connectivity index (χ0v) is 15.5. The zero-order valence-electron chi connectivity index (χ0n) is 14.7. The number of benzene rings is 1. The number of carboxylic acids is 1. The van der Waals surface area contributed by atoms with Crippen molar-refractivity contribution in [1.82, 2.24) is 9.80 Å². The maximum absolute atomic E-state index is 11.8. The van der Waals surface area contributed by atoms with E-state index in [2.05, 4.69) is 4.90 Å². The Morgan fingerprint density at radius 2 is 2.12 bits per heavy atom. The quantitative estimate of drug-likeness (QED) is 0.835. The average Bonchev–Trinajstić information content (AvgIpc) is 2.78. The number of halogens is 1. The lowest BCUT2D eigenvalue weighted by Crippen LogP contribution is -2.42. The van der Waals surface area contributed by atoms with Gasteiger partial charge < -0.3 is 14.7 Å². The zero-order chi connectivity index (χ0) is 18.4. The van der Waals surface area contributed by atoms with E-state index in [1.807, 2.05) is 12.1 Å². The van der Waals surface area contributed by atoms with Crippen LogP contribution in [0.3, 0.4) is 0 Å². The summed E-state index contributed by atoms with van der Waals surface area (Å²) < 4.78 is 5.40. The van der Waals surface area contributed by atoms with Crippen LogP contribution in [-0.2, 0) is 16.1 Å². The molecule has 138 valence electrons. The minimum atomic E-state index is -0.972. The number of carboxylic acid groups (broad SMARTS) is 1. The highest BCUT2D eigenvalue weighted by molar-refractivity contribution is 6.30. The Morgan fingerprint density at radius 3 is 2.76 bits per heavy atom.